The van der Waals surface area contributed by atoms with E-state index >= 15 is 0 Å². The summed E-state index contributed by atoms with van der Waals surface area (Å²) in [5, 5.41) is 11.2. The summed E-state index contributed by atoms with van der Waals surface area (Å²) in [5.74, 6) is 0. The molecule has 3 atom stereocenters. The third-order valence-corrected chi connectivity index (χ3v) is 8.20. The van der Waals surface area contributed by atoms with Crippen LogP contribution in [0.4, 0.5) is 0 Å². The zero-order chi connectivity index (χ0) is 30.8. The molecule has 4 aromatic rings. The maximum Gasteiger partial charge on any atom is 0.328 e. The Morgan fingerprint density at radius 3 is 2.07 bits per heavy atom. The maximum atomic E-state index is 13.0. The summed E-state index contributed by atoms with van der Waals surface area (Å²) in [6.07, 6.45) is -0.716. The van der Waals surface area contributed by atoms with Crippen molar-refractivity contribution in [1.29, 1.82) is 0 Å². The van der Waals surface area contributed by atoms with Crippen molar-refractivity contribution in [1.82, 2.24) is 9.55 Å². The normalized spacial score (nSPS) is 13.8. The van der Waals surface area contributed by atoms with E-state index in [1.165, 1.54) is 29.8 Å². The topological polar surface area (TPSA) is 137 Å². The van der Waals surface area contributed by atoms with Crippen LogP contribution in [-0.4, -0.2) is 48.5 Å². The molecule has 0 unspecified atom stereocenters. The zero-order valence-electron chi connectivity index (χ0n) is 24.1. The fourth-order valence-corrected chi connectivity index (χ4v) is 5.36. The van der Waals surface area contributed by atoms with Crippen molar-refractivity contribution >= 4 is 10.1 Å². The molecular formula is C32H36N2O8S. The van der Waals surface area contributed by atoms with Gasteiger partial charge >= 0.3 is 5.69 Å². The number of hydrogen-bond donors (Lipinski definition) is 2. The van der Waals surface area contributed by atoms with E-state index in [4.69, 9.17) is 13.7 Å². The lowest BCUT2D eigenvalue weighted by molar-refractivity contribution is -0.0897. The number of benzene rings is 3. The van der Waals surface area contributed by atoms with Gasteiger partial charge in [-0.2, -0.15) is 8.42 Å². The number of nitrogens with one attached hydrogen (secondary N) is 1. The Hall–Kier alpha value is -3.87. The molecule has 0 aliphatic rings. The molecule has 2 N–H and O–H groups in total. The predicted molar refractivity (Wildman–Crippen MR) is 161 cm³/mol. The highest BCUT2D eigenvalue weighted by Crippen LogP contribution is 2.22. The minimum absolute atomic E-state index is 0.0303. The fraction of sp³-hybridized carbons (Fsp3) is 0.312. The summed E-state index contributed by atoms with van der Waals surface area (Å²) in [6.45, 7) is 3.25. The standard InChI is InChI=1S/C32H36N2O8S/c1-23-13-15-28(16-14-23)43(38,39)42-21-27(34-18-24(2)31(36)33-32(34)37)17-30(41-20-26-11-7-4-8-12-26)29(35)22-40-19-25-9-5-3-6-10-25/h3-16,18,27,29-30,35H,17,19-22H2,1-2H3,(H,33,36,37)/t27-,29+,30-/m0/s1. The highest BCUT2D eigenvalue weighted by atomic mass is 32.2. The molecule has 1 aromatic heterocycles. The molecule has 0 radical (unpaired) electrons. The third kappa shape index (κ3) is 9.31. The van der Waals surface area contributed by atoms with Gasteiger partial charge < -0.3 is 14.6 Å². The van der Waals surface area contributed by atoms with Crippen LogP contribution in [0.2, 0.25) is 0 Å². The monoisotopic (exact) mass is 608 g/mol. The van der Waals surface area contributed by atoms with E-state index in [0.29, 0.717) is 0 Å². The van der Waals surface area contributed by atoms with Crippen LogP contribution in [0.5, 0.6) is 0 Å². The van der Waals surface area contributed by atoms with Gasteiger partial charge in [-0.25, -0.2) is 4.79 Å². The number of hydrogen-bond acceptors (Lipinski definition) is 8. The summed E-state index contributed by atoms with van der Waals surface area (Å²) in [7, 11) is -4.18. The average molecular weight is 609 g/mol. The molecule has 0 spiro atoms. The number of aryl methyl sites for hydroxylation is 2. The minimum Gasteiger partial charge on any atom is -0.388 e. The molecule has 0 aliphatic carbocycles. The van der Waals surface area contributed by atoms with Crippen LogP contribution in [0.25, 0.3) is 0 Å². The molecule has 3 aromatic carbocycles. The second-order valence-corrected chi connectivity index (χ2v) is 11.9. The van der Waals surface area contributed by atoms with Crippen LogP contribution >= 0.6 is 0 Å². The second kappa shape index (κ2) is 15.0. The van der Waals surface area contributed by atoms with E-state index in [9.17, 15) is 23.1 Å². The zero-order valence-corrected chi connectivity index (χ0v) is 24.9. The number of aliphatic hydroxyl groups excluding tert-OH is 1. The van der Waals surface area contributed by atoms with E-state index in [2.05, 4.69) is 4.98 Å². The Kier molecular flexibility index (Phi) is 11.2. The first-order chi connectivity index (χ1) is 20.6. The van der Waals surface area contributed by atoms with Gasteiger partial charge in [0.05, 0.1) is 43.5 Å². The molecule has 4 rings (SSSR count). The van der Waals surface area contributed by atoms with Gasteiger partial charge in [0.25, 0.3) is 15.7 Å². The number of H-pyrrole nitrogens is 1. The van der Waals surface area contributed by atoms with Crippen LogP contribution in [0.15, 0.2) is 106 Å². The Morgan fingerprint density at radius 1 is 0.837 bits per heavy atom. The highest BCUT2D eigenvalue weighted by Gasteiger charge is 2.29. The molecule has 11 heteroatoms. The van der Waals surface area contributed by atoms with Crippen molar-refractivity contribution in [2.75, 3.05) is 13.2 Å². The van der Waals surface area contributed by atoms with E-state index in [-0.39, 0.29) is 36.7 Å². The van der Waals surface area contributed by atoms with Crippen molar-refractivity contribution < 1.29 is 27.2 Å². The Balaban J connectivity index is 1.58. The summed E-state index contributed by atoms with van der Waals surface area (Å²) in [6, 6.07) is 24.1. The smallest absolute Gasteiger partial charge is 0.328 e. The van der Waals surface area contributed by atoms with Gasteiger partial charge in [-0.1, -0.05) is 78.4 Å². The van der Waals surface area contributed by atoms with Gasteiger partial charge in [0.15, 0.2) is 0 Å². The van der Waals surface area contributed by atoms with Gasteiger partial charge in [0, 0.05) is 11.8 Å². The van der Waals surface area contributed by atoms with Crippen molar-refractivity contribution in [2.45, 2.75) is 56.6 Å². The van der Waals surface area contributed by atoms with E-state index in [1.807, 2.05) is 67.6 Å². The molecule has 0 aliphatic heterocycles. The van der Waals surface area contributed by atoms with Crippen molar-refractivity contribution in [3.63, 3.8) is 0 Å². The van der Waals surface area contributed by atoms with Crippen LogP contribution in [0.1, 0.15) is 34.7 Å². The fourth-order valence-electron chi connectivity index (χ4n) is 4.42. The highest BCUT2D eigenvalue weighted by molar-refractivity contribution is 7.86. The number of nitrogens with zero attached hydrogens (tertiary/aromatic N) is 1. The molecule has 10 nitrogen and oxygen atoms in total. The Bertz CT molecular complexity index is 1670. The lowest BCUT2D eigenvalue weighted by Crippen LogP contribution is -2.40. The summed E-state index contributed by atoms with van der Waals surface area (Å²) < 4.78 is 44.6. The number of rotatable bonds is 15. The quantitative estimate of drug-likeness (QED) is 0.195. The minimum atomic E-state index is -4.18. The van der Waals surface area contributed by atoms with Crippen molar-refractivity contribution in [3.8, 4) is 0 Å². The van der Waals surface area contributed by atoms with Gasteiger partial charge in [0.2, 0.25) is 0 Å². The summed E-state index contributed by atoms with van der Waals surface area (Å²) >= 11 is 0. The number of aliphatic hydroxyl groups is 1. The lowest BCUT2D eigenvalue weighted by Gasteiger charge is -2.28. The first kappa shape index (κ1) is 32.1. The van der Waals surface area contributed by atoms with Gasteiger partial charge in [-0.15, -0.1) is 0 Å². The SMILES string of the molecule is Cc1ccc(S(=O)(=O)OC[C@H](C[C@H](OCc2ccccc2)[C@H](O)COCc2ccccc2)n2cc(C)c(=O)[nH]c2=O)cc1. The van der Waals surface area contributed by atoms with Gasteiger partial charge in [0.1, 0.15) is 6.10 Å². The number of ether oxygens (including phenoxy) is 2. The number of aromatic nitrogens is 2. The average Bonchev–Trinajstić information content (AvgIpc) is 3.00. The van der Waals surface area contributed by atoms with Crippen LogP contribution in [-0.2, 0) is 37.0 Å². The lowest BCUT2D eigenvalue weighted by atomic mass is 10.0. The van der Waals surface area contributed by atoms with Crippen LogP contribution in [0, 0.1) is 13.8 Å². The summed E-state index contributed by atoms with van der Waals surface area (Å²) in [4.78, 5) is 27.2. The molecular weight excluding hydrogens is 572 g/mol. The van der Waals surface area contributed by atoms with Crippen molar-refractivity contribution in [2.24, 2.45) is 0 Å². The van der Waals surface area contributed by atoms with Crippen LogP contribution in [0.3, 0.4) is 0 Å². The molecule has 1 heterocycles. The van der Waals surface area contributed by atoms with E-state index in [0.717, 1.165) is 16.7 Å². The first-order valence-corrected chi connectivity index (χ1v) is 15.3. The predicted octanol–water partition coefficient (Wildman–Crippen LogP) is 3.65. The molecule has 0 fully saturated rings. The largest absolute Gasteiger partial charge is 0.388 e. The van der Waals surface area contributed by atoms with Gasteiger partial charge in [-0.05, 0) is 43.5 Å². The molecule has 228 valence electrons. The summed E-state index contributed by atoms with van der Waals surface area (Å²) in [5.41, 5.74) is 1.62. The third-order valence-electron chi connectivity index (χ3n) is 6.91. The molecule has 43 heavy (non-hydrogen) atoms. The maximum absolute atomic E-state index is 13.0. The van der Waals surface area contributed by atoms with E-state index in [1.54, 1.807) is 12.1 Å². The molecule has 0 bridgehead atoms. The van der Waals surface area contributed by atoms with Crippen molar-refractivity contribution in [3.05, 3.63) is 134 Å². The van der Waals surface area contributed by atoms with Crippen LogP contribution < -0.4 is 11.2 Å². The number of aromatic amines is 1. The molecule has 0 saturated heterocycles. The van der Waals surface area contributed by atoms with Gasteiger partial charge in [-0.3, -0.25) is 18.5 Å². The second-order valence-electron chi connectivity index (χ2n) is 10.3. The first-order valence-electron chi connectivity index (χ1n) is 13.9. The van der Waals surface area contributed by atoms with E-state index < -0.39 is 46.2 Å². The Labute approximate surface area is 250 Å². The Morgan fingerprint density at radius 2 is 1.44 bits per heavy atom. The molecule has 0 amide bonds. The molecule has 0 saturated carbocycles.